The molecule has 0 aromatic carbocycles. The largest absolute Gasteiger partial charge is 0.361 e. The maximum atomic E-state index is 12.7. The van der Waals surface area contributed by atoms with Gasteiger partial charge in [-0.2, -0.15) is 0 Å². The molecule has 0 aliphatic carbocycles. The van der Waals surface area contributed by atoms with Crippen LogP contribution in [-0.4, -0.2) is 42.0 Å². The highest BCUT2D eigenvalue weighted by Crippen LogP contribution is 2.29. The lowest BCUT2D eigenvalue weighted by atomic mass is 9.93. The highest BCUT2D eigenvalue weighted by atomic mass is 16.6. The van der Waals surface area contributed by atoms with Gasteiger partial charge in [0.15, 0.2) is 5.78 Å². The summed E-state index contributed by atoms with van der Waals surface area (Å²) in [6.07, 6.45) is 1.56. The average molecular weight is 326 g/mol. The molecule has 1 fully saturated rings. The number of hydrogen-bond acceptors (Lipinski definition) is 4. The average Bonchev–Trinajstić information content (AvgIpc) is 3.18. The number of nitrogens with one attached hydrogen (secondary N) is 2. The topological polar surface area (TPSA) is 70.7 Å². The minimum Gasteiger partial charge on any atom is -0.361 e. The van der Waals surface area contributed by atoms with Gasteiger partial charge in [0.05, 0.1) is 18.7 Å². The molecule has 1 amide bonds. The van der Waals surface area contributed by atoms with E-state index in [-0.39, 0.29) is 29.7 Å². The Kier molecular flexibility index (Phi) is 7.21. The number of ketones is 1. The van der Waals surface area contributed by atoms with Gasteiger partial charge in [-0.1, -0.05) is 41.5 Å². The Labute approximate surface area is 140 Å². The molecule has 1 saturated heterocycles. The standard InChI is InChI=1S/C18H34N2O3/c1-11(2)8-9-14(16(21)18(7)10-23-18)20-17(22)15(12(3)4)19-13(5)6/h11-15,19H,8-10H2,1-7H3,(H,20,22)/t14-,15-,18+/m0/s1. The molecule has 0 radical (unpaired) electrons. The smallest absolute Gasteiger partial charge is 0.237 e. The van der Waals surface area contributed by atoms with Crippen LogP contribution in [0.25, 0.3) is 0 Å². The fourth-order valence-corrected chi connectivity index (χ4v) is 2.58. The van der Waals surface area contributed by atoms with E-state index in [0.29, 0.717) is 18.9 Å². The molecule has 0 aromatic heterocycles. The third-order valence-electron chi connectivity index (χ3n) is 4.23. The van der Waals surface area contributed by atoms with Crippen LogP contribution in [0.1, 0.15) is 61.3 Å². The Morgan fingerprint density at radius 2 is 1.65 bits per heavy atom. The van der Waals surface area contributed by atoms with E-state index in [1.807, 2.05) is 27.7 Å². The molecule has 5 heteroatoms. The van der Waals surface area contributed by atoms with E-state index in [2.05, 4.69) is 24.5 Å². The first kappa shape index (κ1) is 20.1. The van der Waals surface area contributed by atoms with E-state index < -0.39 is 11.6 Å². The molecule has 1 aliphatic rings. The summed E-state index contributed by atoms with van der Waals surface area (Å²) < 4.78 is 5.28. The zero-order valence-corrected chi connectivity index (χ0v) is 15.7. The molecule has 3 atom stereocenters. The number of amides is 1. The van der Waals surface area contributed by atoms with Crippen LogP contribution in [0.15, 0.2) is 0 Å². The lowest BCUT2D eigenvalue weighted by Crippen LogP contribution is -2.55. The van der Waals surface area contributed by atoms with Crippen molar-refractivity contribution >= 4 is 11.7 Å². The normalized spacial score (nSPS) is 23.2. The number of carbonyl (C=O) groups excluding carboxylic acids is 2. The number of rotatable bonds is 10. The first-order valence-corrected chi connectivity index (χ1v) is 8.81. The van der Waals surface area contributed by atoms with Crippen molar-refractivity contribution in [1.29, 1.82) is 0 Å². The Morgan fingerprint density at radius 1 is 1.09 bits per heavy atom. The van der Waals surface area contributed by atoms with Crippen molar-refractivity contribution in [3.63, 3.8) is 0 Å². The lowest BCUT2D eigenvalue weighted by molar-refractivity contribution is -0.132. The summed E-state index contributed by atoms with van der Waals surface area (Å²) in [5.41, 5.74) is -0.701. The SMILES string of the molecule is CC(C)CC[C@H](NC(=O)[C@@H](NC(C)C)C(C)C)C(=O)[C@@]1(C)CO1. The van der Waals surface area contributed by atoms with E-state index in [1.165, 1.54) is 0 Å². The summed E-state index contributed by atoms with van der Waals surface area (Å²) in [5.74, 6) is 0.550. The minimum absolute atomic E-state index is 0.00134. The fraction of sp³-hybridized carbons (Fsp3) is 0.889. The predicted molar refractivity (Wildman–Crippen MR) is 92.3 cm³/mol. The Morgan fingerprint density at radius 3 is 2.04 bits per heavy atom. The van der Waals surface area contributed by atoms with E-state index in [4.69, 9.17) is 4.74 Å². The first-order valence-electron chi connectivity index (χ1n) is 8.81. The van der Waals surface area contributed by atoms with Crippen molar-refractivity contribution in [3.8, 4) is 0 Å². The van der Waals surface area contributed by atoms with E-state index >= 15 is 0 Å². The van der Waals surface area contributed by atoms with Crippen molar-refractivity contribution in [3.05, 3.63) is 0 Å². The highest BCUT2D eigenvalue weighted by Gasteiger charge is 2.50. The summed E-state index contributed by atoms with van der Waals surface area (Å²) in [6, 6.07) is -0.549. The summed E-state index contributed by atoms with van der Waals surface area (Å²) in [4.78, 5) is 25.3. The molecule has 0 unspecified atom stereocenters. The van der Waals surface area contributed by atoms with Crippen LogP contribution >= 0.6 is 0 Å². The summed E-state index contributed by atoms with van der Waals surface area (Å²) in [6.45, 7) is 14.6. The first-order chi connectivity index (χ1) is 10.6. The molecule has 1 aliphatic heterocycles. The van der Waals surface area contributed by atoms with Gasteiger partial charge < -0.3 is 15.4 Å². The molecule has 0 saturated carbocycles. The van der Waals surface area contributed by atoms with Crippen LogP contribution in [0.2, 0.25) is 0 Å². The van der Waals surface area contributed by atoms with Crippen molar-refractivity contribution in [1.82, 2.24) is 10.6 Å². The number of Topliss-reactive ketones (excluding diaryl/α,β-unsaturated/α-hetero) is 1. The van der Waals surface area contributed by atoms with Crippen LogP contribution in [0.3, 0.4) is 0 Å². The predicted octanol–water partition coefficient (Wildman–Crippen LogP) is 2.29. The number of hydrogen-bond donors (Lipinski definition) is 2. The zero-order valence-electron chi connectivity index (χ0n) is 15.7. The molecular weight excluding hydrogens is 292 g/mol. The Balaban J connectivity index is 2.77. The molecule has 134 valence electrons. The van der Waals surface area contributed by atoms with Gasteiger partial charge in [-0.3, -0.25) is 9.59 Å². The second-order valence-corrected chi connectivity index (χ2v) is 7.96. The molecule has 1 heterocycles. The van der Waals surface area contributed by atoms with Crippen LogP contribution < -0.4 is 10.6 Å². The number of carbonyl (C=O) groups is 2. The van der Waals surface area contributed by atoms with E-state index in [1.54, 1.807) is 6.92 Å². The molecule has 0 bridgehead atoms. The van der Waals surface area contributed by atoms with Gasteiger partial charge in [-0.15, -0.1) is 0 Å². The maximum Gasteiger partial charge on any atom is 0.237 e. The second kappa shape index (κ2) is 8.25. The van der Waals surface area contributed by atoms with Crippen molar-refractivity contribution in [2.75, 3.05) is 6.61 Å². The fourth-order valence-electron chi connectivity index (χ4n) is 2.58. The lowest BCUT2D eigenvalue weighted by Gasteiger charge is -2.27. The van der Waals surface area contributed by atoms with Gasteiger partial charge in [-0.05, 0) is 31.6 Å². The van der Waals surface area contributed by atoms with Gasteiger partial charge in [-0.25, -0.2) is 0 Å². The molecule has 0 spiro atoms. The van der Waals surface area contributed by atoms with Gasteiger partial charge in [0.2, 0.25) is 5.91 Å². The summed E-state index contributed by atoms with van der Waals surface area (Å²) >= 11 is 0. The molecular formula is C18H34N2O3. The monoisotopic (exact) mass is 326 g/mol. The highest BCUT2D eigenvalue weighted by molar-refractivity contribution is 5.97. The molecule has 23 heavy (non-hydrogen) atoms. The van der Waals surface area contributed by atoms with E-state index in [0.717, 1.165) is 6.42 Å². The van der Waals surface area contributed by atoms with E-state index in [9.17, 15) is 9.59 Å². The Bertz CT molecular complexity index is 414. The maximum absolute atomic E-state index is 12.7. The molecule has 0 aromatic rings. The third-order valence-corrected chi connectivity index (χ3v) is 4.23. The Hall–Kier alpha value is -0.940. The summed E-state index contributed by atoms with van der Waals surface area (Å²) in [7, 11) is 0. The minimum atomic E-state index is -0.701. The molecule has 5 nitrogen and oxygen atoms in total. The van der Waals surface area contributed by atoms with Crippen LogP contribution in [0, 0.1) is 11.8 Å². The third kappa shape index (κ3) is 6.22. The number of epoxide rings is 1. The molecule has 1 rings (SSSR count). The zero-order chi connectivity index (χ0) is 17.8. The van der Waals surface area contributed by atoms with Gasteiger partial charge in [0.1, 0.15) is 5.60 Å². The number of ether oxygens (including phenoxy) is 1. The van der Waals surface area contributed by atoms with Gasteiger partial charge in [0, 0.05) is 6.04 Å². The summed E-state index contributed by atoms with van der Waals surface area (Å²) in [5, 5.41) is 6.26. The van der Waals surface area contributed by atoms with Crippen LogP contribution in [-0.2, 0) is 14.3 Å². The molecule has 2 N–H and O–H groups in total. The van der Waals surface area contributed by atoms with Gasteiger partial charge in [0.25, 0.3) is 0 Å². The van der Waals surface area contributed by atoms with Crippen LogP contribution in [0.5, 0.6) is 0 Å². The van der Waals surface area contributed by atoms with Gasteiger partial charge >= 0.3 is 0 Å². The van der Waals surface area contributed by atoms with Crippen molar-refractivity contribution < 1.29 is 14.3 Å². The van der Waals surface area contributed by atoms with Crippen LogP contribution in [0.4, 0.5) is 0 Å². The second-order valence-electron chi connectivity index (χ2n) is 7.96. The van der Waals surface area contributed by atoms with Crippen molar-refractivity contribution in [2.45, 2.75) is 85.0 Å². The quantitative estimate of drug-likeness (QED) is 0.604. The van der Waals surface area contributed by atoms with Crippen molar-refractivity contribution in [2.24, 2.45) is 11.8 Å².